The summed E-state index contributed by atoms with van der Waals surface area (Å²) in [6.45, 7) is 9.21. The third-order valence-corrected chi connectivity index (χ3v) is 6.10. The number of anilines is 1. The zero-order chi connectivity index (χ0) is 21.2. The quantitative estimate of drug-likeness (QED) is 0.295. The summed E-state index contributed by atoms with van der Waals surface area (Å²) in [6.07, 6.45) is 3.94. The number of carbonyl (C=O) groups is 1. The average molecular weight is 558 g/mol. The van der Waals surface area contributed by atoms with Gasteiger partial charge in [0.2, 0.25) is 11.9 Å². The lowest BCUT2D eigenvalue weighted by atomic mass is 10.1. The molecule has 3 rings (SSSR count). The van der Waals surface area contributed by atoms with Gasteiger partial charge in [-0.3, -0.25) is 9.79 Å². The minimum Gasteiger partial charge on any atom is -0.357 e. The molecule has 2 aromatic heterocycles. The fourth-order valence-electron chi connectivity index (χ4n) is 3.29. The maximum absolute atomic E-state index is 12.6. The third-order valence-electron chi connectivity index (χ3n) is 5.00. The minimum atomic E-state index is 0. The third kappa shape index (κ3) is 7.91. The van der Waals surface area contributed by atoms with Crippen molar-refractivity contribution >= 4 is 53.1 Å². The predicted octanol–water partition coefficient (Wildman–Crippen LogP) is 2.55. The van der Waals surface area contributed by atoms with Crippen molar-refractivity contribution in [1.82, 2.24) is 25.5 Å². The molecule has 170 valence electrons. The molecule has 0 bridgehead atoms. The van der Waals surface area contributed by atoms with Crippen LogP contribution in [0.1, 0.15) is 31.1 Å². The van der Waals surface area contributed by atoms with Crippen LogP contribution < -0.4 is 15.5 Å². The van der Waals surface area contributed by atoms with Gasteiger partial charge in [-0.25, -0.2) is 9.97 Å². The standard InChI is InChI=1S/C21H31N7OS.HI/c1-3-22-20(26-16-17(2)18-6-4-15-30-18)23-10-7-19(29)27-11-13-28(14-12-27)21-24-8-5-9-25-21;/h4-6,8-9,15,17H,3,7,10-14,16H2,1-2H3,(H2,22,23,26);1H. The number of aromatic nitrogens is 2. The van der Waals surface area contributed by atoms with Gasteiger partial charge in [0.1, 0.15) is 0 Å². The molecule has 0 saturated carbocycles. The lowest BCUT2D eigenvalue weighted by Gasteiger charge is -2.34. The van der Waals surface area contributed by atoms with Gasteiger partial charge in [-0.15, -0.1) is 35.3 Å². The summed E-state index contributed by atoms with van der Waals surface area (Å²) in [5.41, 5.74) is 0. The van der Waals surface area contributed by atoms with Gasteiger partial charge in [0, 0.05) is 68.9 Å². The number of nitrogens with one attached hydrogen (secondary N) is 2. The first-order valence-electron chi connectivity index (χ1n) is 10.5. The normalized spacial score (nSPS) is 15.2. The SMILES string of the molecule is CCNC(=NCC(C)c1cccs1)NCCC(=O)N1CCN(c2ncccn2)CC1.I. The highest BCUT2D eigenvalue weighted by Crippen LogP contribution is 2.20. The number of piperazine rings is 1. The van der Waals surface area contributed by atoms with E-state index in [2.05, 4.69) is 54.9 Å². The maximum Gasteiger partial charge on any atom is 0.225 e. The molecule has 3 heterocycles. The lowest BCUT2D eigenvalue weighted by molar-refractivity contribution is -0.131. The molecule has 1 amide bonds. The van der Waals surface area contributed by atoms with E-state index in [4.69, 9.17) is 0 Å². The van der Waals surface area contributed by atoms with E-state index in [-0.39, 0.29) is 29.9 Å². The van der Waals surface area contributed by atoms with Crippen LogP contribution in [0.15, 0.2) is 41.0 Å². The monoisotopic (exact) mass is 557 g/mol. The van der Waals surface area contributed by atoms with Gasteiger partial charge < -0.3 is 20.4 Å². The zero-order valence-corrected chi connectivity index (χ0v) is 21.3. The van der Waals surface area contributed by atoms with E-state index in [1.54, 1.807) is 23.7 Å². The molecule has 2 aromatic rings. The van der Waals surface area contributed by atoms with E-state index >= 15 is 0 Å². The van der Waals surface area contributed by atoms with Gasteiger partial charge in [0.05, 0.1) is 6.54 Å². The number of hydrogen-bond acceptors (Lipinski definition) is 6. The Bertz CT molecular complexity index is 795. The summed E-state index contributed by atoms with van der Waals surface area (Å²) in [6, 6.07) is 6.03. The Balaban J connectivity index is 0.00000341. The summed E-state index contributed by atoms with van der Waals surface area (Å²) in [5.74, 6) is 2.04. The van der Waals surface area contributed by atoms with Gasteiger partial charge in [-0.05, 0) is 24.4 Å². The Morgan fingerprint density at radius 1 is 1.19 bits per heavy atom. The van der Waals surface area contributed by atoms with Gasteiger partial charge >= 0.3 is 0 Å². The number of carbonyl (C=O) groups excluding carboxylic acids is 1. The molecule has 1 unspecified atom stereocenters. The lowest BCUT2D eigenvalue weighted by Crippen LogP contribution is -2.50. The highest BCUT2D eigenvalue weighted by atomic mass is 127. The Kier molecular flexibility index (Phi) is 11.0. The van der Waals surface area contributed by atoms with E-state index in [9.17, 15) is 4.79 Å². The van der Waals surface area contributed by atoms with Crippen LogP contribution in [0.5, 0.6) is 0 Å². The van der Waals surface area contributed by atoms with Crippen LogP contribution in [0.3, 0.4) is 0 Å². The van der Waals surface area contributed by atoms with Gasteiger partial charge in [-0.1, -0.05) is 13.0 Å². The number of rotatable bonds is 8. The Morgan fingerprint density at radius 2 is 1.94 bits per heavy atom. The number of guanidine groups is 1. The second-order valence-electron chi connectivity index (χ2n) is 7.23. The van der Waals surface area contributed by atoms with Crippen LogP contribution in [0, 0.1) is 0 Å². The van der Waals surface area contributed by atoms with Crippen molar-refractivity contribution in [2.75, 3.05) is 50.7 Å². The van der Waals surface area contributed by atoms with Crippen LogP contribution in [-0.4, -0.2) is 72.5 Å². The second-order valence-corrected chi connectivity index (χ2v) is 8.21. The first kappa shape index (κ1) is 25.3. The van der Waals surface area contributed by atoms with Crippen LogP contribution in [0.25, 0.3) is 0 Å². The fourth-order valence-corrected chi connectivity index (χ4v) is 4.07. The molecule has 0 radical (unpaired) electrons. The highest BCUT2D eigenvalue weighted by molar-refractivity contribution is 14.0. The topological polar surface area (TPSA) is 85.8 Å². The number of hydrogen-bond donors (Lipinski definition) is 2. The minimum absolute atomic E-state index is 0. The number of aliphatic imine (C=N–C) groups is 1. The molecule has 1 atom stereocenters. The first-order chi connectivity index (χ1) is 14.7. The van der Waals surface area contributed by atoms with Crippen molar-refractivity contribution in [3.05, 3.63) is 40.8 Å². The predicted molar refractivity (Wildman–Crippen MR) is 138 cm³/mol. The van der Waals surface area contributed by atoms with Crippen molar-refractivity contribution in [2.24, 2.45) is 4.99 Å². The van der Waals surface area contributed by atoms with Crippen molar-refractivity contribution in [2.45, 2.75) is 26.2 Å². The largest absolute Gasteiger partial charge is 0.357 e. The highest BCUT2D eigenvalue weighted by Gasteiger charge is 2.22. The maximum atomic E-state index is 12.6. The van der Waals surface area contributed by atoms with Crippen LogP contribution in [0.4, 0.5) is 5.95 Å². The smallest absolute Gasteiger partial charge is 0.225 e. The molecule has 0 aliphatic carbocycles. The van der Waals surface area contributed by atoms with Crippen molar-refractivity contribution in [3.63, 3.8) is 0 Å². The molecule has 0 aromatic carbocycles. The second kappa shape index (κ2) is 13.5. The van der Waals surface area contributed by atoms with E-state index in [1.165, 1.54) is 4.88 Å². The first-order valence-corrected chi connectivity index (χ1v) is 11.4. The van der Waals surface area contributed by atoms with Crippen LogP contribution >= 0.6 is 35.3 Å². The number of halogens is 1. The Hall–Kier alpha value is -1.95. The number of thiophene rings is 1. The van der Waals surface area contributed by atoms with E-state index in [0.29, 0.717) is 38.5 Å². The summed E-state index contributed by atoms with van der Waals surface area (Å²) >= 11 is 1.76. The van der Waals surface area contributed by atoms with Crippen LogP contribution in [0.2, 0.25) is 0 Å². The summed E-state index contributed by atoms with van der Waals surface area (Å²) < 4.78 is 0. The van der Waals surface area contributed by atoms with Crippen molar-refractivity contribution in [1.29, 1.82) is 0 Å². The molecule has 2 N–H and O–H groups in total. The van der Waals surface area contributed by atoms with Crippen molar-refractivity contribution < 1.29 is 4.79 Å². The Morgan fingerprint density at radius 3 is 2.58 bits per heavy atom. The Labute approximate surface area is 205 Å². The molecule has 31 heavy (non-hydrogen) atoms. The van der Waals surface area contributed by atoms with Gasteiger partial charge in [0.25, 0.3) is 0 Å². The molecule has 0 spiro atoms. The van der Waals surface area contributed by atoms with E-state index in [0.717, 1.165) is 31.5 Å². The molecular weight excluding hydrogens is 525 g/mol. The van der Waals surface area contributed by atoms with E-state index in [1.807, 2.05) is 17.9 Å². The summed E-state index contributed by atoms with van der Waals surface area (Å²) in [5, 5.41) is 8.64. The molecule has 8 nitrogen and oxygen atoms in total. The van der Waals surface area contributed by atoms with Gasteiger partial charge in [0.15, 0.2) is 5.96 Å². The zero-order valence-electron chi connectivity index (χ0n) is 18.2. The van der Waals surface area contributed by atoms with E-state index < -0.39 is 0 Å². The molecule has 1 aliphatic rings. The molecular formula is C21H32IN7OS. The van der Waals surface area contributed by atoms with Gasteiger partial charge in [-0.2, -0.15) is 0 Å². The molecule has 1 aliphatic heterocycles. The fraction of sp³-hybridized carbons (Fsp3) is 0.524. The average Bonchev–Trinajstić information content (AvgIpc) is 3.33. The number of amides is 1. The van der Waals surface area contributed by atoms with Crippen LogP contribution in [-0.2, 0) is 4.79 Å². The summed E-state index contributed by atoms with van der Waals surface area (Å²) in [4.78, 5) is 31.2. The molecule has 1 fully saturated rings. The molecule has 1 saturated heterocycles. The molecule has 10 heteroatoms. The summed E-state index contributed by atoms with van der Waals surface area (Å²) in [7, 11) is 0. The van der Waals surface area contributed by atoms with Crippen molar-refractivity contribution in [3.8, 4) is 0 Å². The number of nitrogens with zero attached hydrogens (tertiary/aromatic N) is 5.